The molecule has 0 fully saturated rings. The smallest absolute Gasteiger partial charge is 0.122 e. The first-order valence-corrected chi connectivity index (χ1v) is 6.06. The minimum absolute atomic E-state index is 0.161. The van der Waals surface area contributed by atoms with E-state index in [1.54, 1.807) is 12.1 Å². The van der Waals surface area contributed by atoms with Crippen LogP contribution in [0.5, 0.6) is 11.5 Å². The maximum atomic E-state index is 10.1. The maximum Gasteiger partial charge on any atom is 0.122 e. The lowest BCUT2D eigenvalue weighted by atomic mass is 9.71. The van der Waals surface area contributed by atoms with Crippen molar-refractivity contribution >= 4 is 0 Å². The molecule has 2 nitrogen and oxygen atoms in total. The van der Waals surface area contributed by atoms with Crippen molar-refractivity contribution in [3.8, 4) is 11.5 Å². The summed E-state index contributed by atoms with van der Waals surface area (Å²) in [4.78, 5) is 0. The summed E-state index contributed by atoms with van der Waals surface area (Å²) >= 11 is 0. The fourth-order valence-corrected chi connectivity index (χ4v) is 2.70. The predicted octanol–water partition coefficient (Wildman–Crippen LogP) is 4.12. The Morgan fingerprint density at radius 1 is 1.00 bits per heavy atom. The topological polar surface area (TPSA) is 40.5 Å². The number of aryl methyl sites for hydroxylation is 1. The van der Waals surface area contributed by atoms with Gasteiger partial charge in [0, 0.05) is 5.56 Å². The Kier molecular flexibility index (Phi) is 3.47. The van der Waals surface area contributed by atoms with E-state index < -0.39 is 0 Å². The van der Waals surface area contributed by atoms with Gasteiger partial charge in [-0.15, -0.1) is 0 Å². The Morgan fingerprint density at radius 3 is 2.00 bits per heavy atom. The number of benzene rings is 1. The number of rotatable bonds is 2. The van der Waals surface area contributed by atoms with E-state index >= 15 is 0 Å². The Labute approximate surface area is 104 Å². The van der Waals surface area contributed by atoms with Crippen LogP contribution in [0.2, 0.25) is 0 Å². The molecular formula is C15H24O2. The number of phenols is 2. The summed E-state index contributed by atoms with van der Waals surface area (Å²) in [5.41, 5.74) is 1.56. The fourth-order valence-electron chi connectivity index (χ4n) is 2.70. The van der Waals surface area contributed by atoms with Gasteiger partial charge in [-0.05, 0) is 41.9 Å². The largest absolute Gasteiger partial charge is 0.508 e. The predicted molar refractivity (Wildman–Crippen MR) is 71.6 cm³/mol. The van der Waals surface area contributed by atoms with Crippen LogP contribution in [-0.2, 0) is 5.41 Å². The summed E-state index contributed by atoms with van der Waals surface area (Å²) in [6.07, 6.45) is 0.941. The Hall–Kier alpha value is -1.18. The molecule has 0 saturated heterocycles. The third kappa shape index (κ3) is 3.39. The molecule has 1 aromatic rings. The summed E-state index contributed by atoms with van der Waals surface area (Å²) < 4.78 is 0. The zero-order valence-electron chi connectivity index (χ0n) is 11.8. The number of aromatic hydroxyl groups is 2. The van der Waals surface area contributed by atoms with Gasteiger partial charge in [-0.3, -0.25) is 0 Å². The zero-order chi connectivity index (χ0) is 13.4. The summed E-state index contributed by atoms with van der Waals surface area (Å²) in [5.74, 6) is 0.523. The molecule has 0 amide bonds. The molecule has 1 aromatic carbocycles. The molecule has 0 saturated carbocycles. The van der Waals surface area contributed by atoms with Crippen molar-refractivity contribution in [2.45, 2.75) is 53.4 Å². The summed E-state index contributed by atoms with van der Waals surface area (Å²) in [6.45, 7) is 12.6. The van der Waals surface area contributed by atoms with Crippen molar-refractivity contribution in [2.24, 2.45) is 5.41 Å². The van der Waals surface area contributed by atoms with E-state index in [1.807, 2.05) is 6.92 Å². The van der Waals surface area contributed by atoms with E-state index in [1.165, 1.54) is 0 Å². The Morgan fingerprint density at radius 2 is 1.53 bits per heavy atom. The third-order valence-corrected chi connectivity index (χ3v) is 2.99. The van der Waals surface area contributed by atoms with Crippen LogP contribution < -0.4 is 0 Å². The molecule has 96 valence electrons. The Balaban J connectivity index is 3.23. The van der Waals surface area contributed by atoms with Crippen LogP contribution in [-0.4, -0.2) is 10.2 Å². The second-order valence-corrected chi connectivity index (χ2v) is 6.78. The van der Waals surface area contributed by atoms with E-state index in [4.69, 9.17) is 0 Å². The van der Waals surface area contributed by atoms with Crippen molar-refractivity contribution < 1.29 is 10.2 Å². The van der Waals surface area contributed by atoms with Crippen molar-refractivity contribution in [3.05, 3.63) is 23.3 Å². The maximum absolute atomic E-state index is 10.1. The highest BCUT2D eigenvalue weighted by Crippen LogP contribution is 2.42. The van der Waals surface area contributed by atoms with E-state index in [9.17, 15) is 10.2 Å². The molecule has 2 N–H and O–H groups in total. The molecule has 0 bridgehead atoms. The van der Waals surface area contributed by atoms with Crippen molar-refractivity contribution in [1.29, 1.82) is 0 Å². The summed E-state index contributed by atoms with van der Waals surface area (Å²) in [6, 6.07) is 3.26. The van der Waals surface area contributed by atoms with Crippen molar-refractivity contribution in [2.75, 3.05) is 0 Å². The van der Waals surface area contributed by atoms with E-state index in [0.717, 1.165) is 17.5 Å². The molecule has 0 spiro atoms. The van der Waals surface area contributed by atoms with Gasteiger partial charge in [0.25, 0.3) is 0 Å². The highest BCUT2D eigenvalue weighted by Gasteiger charge is 2.30. The molecule has 0 unspecified atom stereocenters. The molecule has 1 rings (SSSR count). The van der Waals surface area contributed by atoms with Gasteiger partial charge < -0.3 is 10.2 Å². The van der Waals surface area contributed by atoms with Crippen LogP contribution in [0.4, 0.5) is 0 Å². The van der Waals surface area contributed by atoms with E-state index in [2.05, 4.69) is 34.6 Å². The number of hydrogen-bond acceptors (Lipinski definition) is 2. The first kappa shape index (κ1) is 13.9. The van der Waals surface area contributed by atoms with Crippen LogP contribution in [0.1, 0.15) is 52.2 Å². The average molecular weight is 236 g/mol. The summed E-state index contributed by atoms with van der Waals surface area (Å²) in [7, 11) is 0. The average Bonchev–Trinajstić information content (AvgIpc) is 2.06. The van der Waals surface area contributed by atoms with Gasteiger partial charge in [0.2, 0.25) is 0 Å². The van der Waals surface area contributed by atoms with Gasteiger partial charge in [-0.2, -0.15) is 0 Å². The van der Waals surface area contributed by atoms with Crippen LogP contribution in [0, 0.1) is 12.3 Å². The first-order valence-electron chi connectivity index (χ1n) is 6.06. The van der Waals surface area contributed by atoms with Crippen molar-refractivity contribution in [1.82, 2.24) is 0 Å². The first-order chi connectivity index (χ1) is 7.53. The molecule has 2 heteroatoms. The number of hydrogen-bond donors (Lipinski definition) is 2. The molecule has 0 atom stereocenters. The van der Waals surface area contributed by atoms with Crippen LogP contribution in [0.3, 0.4) is 0 Å². The normalized spacial score (nSPS) is 12.8. The highest BCUT2D eigenvalue weighted by molar-refractivity contribution is 5.48. The lowest BCUT2D eigenvalue weighted by Crippen LogP contribution is -2.25. The lowest BCUT2D eigenvalue weighted by Gasteiger charge is -2.33. The third-order valence-electron chi connectivity index (χ3n) is 2.99. The molecule has 0 aromatic heterocycles. The van der Waals surface area contributed by atoms with Crippen LogP contribution >= 0.6 is 0 Å². The minimum atomic E-state index is -0.161. The second kappa shape index (κ2) is 4.25. The number of phenolic OH excluding ortho intramolecular Hbond substituents is 2. The summed E-state index contributed by atoms with van der Waals surface area (Å²) in [5, 5.41) is 19.8. The van der Waals surface area contributed by atoms with Crippen molar-refractivity contribution in [3.63, 3.8) is 0 Å². The van der Waals surface area contributed by atoms with Gasteiger partial charge >= 0.3 is 0 Å². The SMILES string of the molecule is Cc1cc(O)cc(C(C)(C)CC(C)(C)C)c1O. The van der Waals surface area contributed by atoms with E-state index in [0.29, 0.717) is 5.75 Å². The highest BCUT2D eigenvalue weighted by atomic mass is 16.3. The van der Waals surface area contributed by atoms with Gasteiger partial charge in [0.1, 0.15) is 11.5 Å². The molecule has 0 radical (unpaired) electrons. The van der Waals surface area contributed by atoms with Gasteiger partial charge in [0.15, 0.2) is 0 Å². The fraction of sp³-hybridized carbons (Fsp3) is 0.600. The molecule has 0 aliphatic carbocycles. The van der Waals surface area contributed by atoms with Gasteiger partial charge in [0.05, 0.1) is 0 Å². The van der Waals surface area contributed by atoms with Crippen LogP contribution in [0.25, 0.3) is 0 Å². The molecule has 17 heavy (non-hydrogen) atoms. The second-order valence-electron chi connectivity index (χ2n) is 6.78. The Bertz CT molecular complexity index is 412. The molecule has 0 aliphatic rings. The zero-order valence-corrected chi connectivity index (χ0v) is 11.8. The van der Waals surface area contributed by atoms with Gasteiger partial charge in [-0.25, -0.2) is 0 Å². The van der Waals surface area contributed by atoms with E-state index in [-0.39, 0.29) is 16.6 Å². The van der Waals surface area contributed by atoms with Crippen LogP contribution in [0.15, 0.2) is 12.1 Å². The van der Waals surface area contributed by atoms with Gasteiger partial charge in [-0.1, -0.05) is 34.6 Å². The molecule has 0 aliphatic heterocycles. The molecular weight excluding hydrogens is 212 g/mol. The quantitative estimate of drug-likeness (QED) is 0.758. The lowest BCUT2D eigenvalue weighted by molar-refractivity contribution is 0.277. The monoisotopic (exact) mass is 236 g/mol. The molecule has 0 heterocycles. The standard InChI is InChI=1S/C15H24O2/c1-10-7-11(16)8-12(13(10)17)15(5,6)9-14(2,3)4/h7-8,16-17H,9H2,1-6H3. The minimum Gasteiger partial charge on any atom is -0.508 e.